The van der Waals surface area contributed by atoms with Crippen molar-refractivity contribution in [1.82, 2.24) is 5.32 Å². The first-order chi connectivity index (χ1) is 9.36. The molecule has 1 nitrogen and oxygen atoms in total. The summed E-state index contributed by atoms with van der Waals surface area (Å²) in [5.41, 5.74) is 0.399. The Kier molecular flexibility index (Phi) is 7.25. The first-order valence-electron chi connectivity index (χ1n) is 8.17. The van der Waals surface area contributed by atoms with E-state index in [1.165, 1.54) is 29.0 Å². The van der Waals surface area contributed by atoms with Gasteiger partial charge in [-0.15, -0.1) is 11.3 Å². The molecular weight excluding hydrogens is 262 g/mol. The number of nitrogens with one attached hydrogen (secondary N) is 1. The predicted octanol–water partition coefficient (Wildman–Crippen LogP) is 5.29. The molecule has 0 aliphatic carbocycles. The van der Waals surface area contributed by atoms with Gasteiger partial charge in [-0.3, -0.25) is 0 Å². The molecule has 0 saturated heterocycles. The summed E-state index contributed by atoms with van der Waals surface area (Å²) in [6.07, 6.45) is 4.83. The van der Waals surface area contributed by atoms with Crippen LogP contribution in [0, 0.1) is 11.3 Å². The smallest absolute Gasteiger partial charge is 0.0118 e. The highest BCUT2D eigenvalue weighted by molar-refractivity contribution is 7.11. The second kappa shape index (κ2) is 8.19. The van der Waals surface area contributed by atoms with Gasteiger partial charge in [0, 0.05) is 15.8 Å². The van der Waals surface area contributed by atoms with Crippen molar-refractivity contribution < 1.29 is 0 Å². The van der Waals surface area contributed by atoms with Crippen molar-refractivity contribution in [3.63, 3.8) is 0 Å². The molecule has 0 fully saturated rings. The van der Waals surface area contributed by atoms with Gasteiger partial charge in [0.2, 0.25) is 0 Å². The third-order valence-electron chi connectivity index (χ3n) is 4.31. The van der Waals surface area contributed by atoms with Gasteiger partial charge in [-0.05, 0) is 55.7 Å². The zero-order chi connectivity index (χ0) is 15.2. The molecule has 1 aromatic heterocycles. The van der Waals surface area contributed by atoms with Crippen LogP contribution in [0.5, 0.6) is 0 Å². The van der Waals surface area contributed by atoms with Crippen LogP contribution in [0.25, 0.3) is 0 Å². The summed E-state index contributed by atoms with van der Waals surface area (Å²) in [5, 5.41) is 3.75. The van der Waals surface area contributed by atoms with Gasteiger partial charge in [0.1, 0.15) is 0 Å². The average molecular weight is 296 g/mol. The number of rotatable bonds is 8. The number of hydrogen-bond donors (Lipinski definition) is 1. The highest BCUT2D eigenvalue weighted by Crippen LogP contribution is 2.30. The minimum Gasteiger partial charge on any atom is -0.314 e. The predicted molar refractivity (Wildman–Crippen MR) is 92.7 cm³/mol. The lowest BCUT2D eigenvalue weighted by atomic mass is 9.78. The van der Waals surface area contributed by atoms with Gasteiger partial charge >= 0.3 is 0 Å². The summed E-state index contributed by atoms with van der Waals surface area (Å²) in [5.74, 6) is 0.738. The summed E-state index contributed by atoms with van der Waals surface area (Å²) in [6, 6.07) is 5.24. The quantitative estimate of drug-likeness (QED) is 0.687. The minimum atomic E-state index is 0.399. The Morgan fingerprint density at radius 2 is 1.80 bits per heavy atom. The zero-order valence-corrected chi connectivity index (χ0v) is 15.1. The lowest BCUT2D eigenvalue weighted by Gasteiger charge is -2.31. The van der Waals surface area contributed by atoms with Crippen LogP contribution < -0.4 is 5.32 Å². The van der Waals surface area contributed by atoms with Crippen LogP contribution >= 0.6 is 11.3 Å². The van der Waals surface area contributed by atoms with E-state index >= 15 is 0 Å². The van der Waals surface area contributed by atoms with E-state index in [-0.39, 0.29) is 0 Å². The molecule has 1 N–H and O–H groups in total. The van der Waals surface area contributed by atoms with E-state index in [9.17, 15) is 0 Å². The van der Waals surface area contributed by atoms with Gasteiger partial charge in [0.05, 0.1) is 0 Å². The first kappa shape index (κ1) is 17.7. The van der Waals surface area contributed by atoms with Crippen molar-refractivity contribution in [2.75, 3.05) is 6.54 Å². The molecule has 0 saturated carbocycles. The highest BCUT2D eigenvalue weighted by atomic mass is 32.1. The van der Waals surface area contributed by atoms with Crippen LogP contribution in [-0.4, -0.2) is 12.6 Å². The van der Waals surface area contributed by atoms with Gasteiger partial charge in [-0.1, -0.05) is 41.5 Å². The summed E-state index contributed by atoms with van der Waals surface area (Å²) in [4.78, 5) is 3.05. The fourth-order valence-electron chi connectivity index (χ4n) is 2.33. The van der Waals surface area contributed by atoms with Crippen molar-refractivity contribution in [2.24, 2.45) is 11.3 Å². The molecule has 0 amide bonds. The molecule has 116 valence electrons. The molecule has 2 unspecified atom stereocenters. The molecule has 1 rings (SSSR count). The standard InChI is InChI=1S/C18H33NS/c1-7-11-19-15(12-14(3)18(4,5)6)13-17-10-9-16(8-2)20-17/h9-10,14-15,19H,7-8,11-13H2,1-6H3. The van der Waals surface area contributed by atoms with Gasteiger partial charge in [-0.2, -0.15) is 0 Å². The van der Waals surface area contributed by atoms with Crippen molar-refractivity contribution in [2.45, 2.75) is 73.3 Å². The van der Waals surface area contributed by atoms with Gasteiger partial charge in [0.25, 0.3) is 0 Å². The Hall–Kier alpha value is -0.340. The maximum atomic E-state index is 3.75. The Labute approximate surface area is 130 Å². The molecule has 0 aliphatic rings. The van der Waals surface area contributed by atoms with Crippen LogP contribution in [0.4, 0.5) is 0 Å². The Morgan fingerprint density at radius 3 is 2.30 bits per heavy atom. The molecule has 0 aromatic carbocycles. The molecule has 0 bridgehead atoms. The minimum absolute atomic E-state index is 0.399. The van der Waals surface area contributed by atoms with Crippen molar-refractivity contribution in [3.05, 3.63) is 21.9 Å². The molecule has 0 spiro atoms. The van der Waals surface area contributed by atoms with Crippen LogP contribution in [0.3, 0.4) is 0 Å². The molecule has 1 aromatic rings. The van der Waals surface area contributed by atoms with Crippen molar-refractivity contribution >= 4 is 11.3 Å². The number of aryl methyl sites for hydroxylation is 1. The van der Waals surface area contributed by atoms with Gasteiger partial charge in [-0.25, -0.2) is 0 Å². The number of hydrogen-bond acceptors (Lipinski definition) is 2. The van der Waals surface area contributed by atoms with Crippen LogP contribution in [0.2, 0.25) is 0 Å². The van der Waals surface area contributed by atoms with Gasteiger partial charge < -0.3 is 5.32 Å². The van der Waals surface area contributed by atoms with E-state index in [0.29, 0.717) is 11.5 Å². The molecule has 2 heteroatoms. The van der Waals surface area contributed by atoms with Crippen LogP contribution in [0.15, 0.2) is 12.1 Å². The second-order valence-corrected chi connectivity index (χ2v) is 8.33. The van der Waals surface area contributed by atoms with E-state index in [0.717, 1.165) is 18.9 Å². The van der Waals surface area contributed by atoms with E-state index in [1.807, 2.05) is 11.3 Å². The van der Waals surface area contributed by atoms with E-state index in [4.69, 9.17) is 0 Å². The monoisotopic (exact) mass is 295 g/mol. The molecule has 20 heavy (non-hydrogen) atoms. The Morgan fingerprint density at radius 1 is 1.15 bits per heavy atom. The first-order valence-corrected chi connectivity index (χ1v) is 8.99. The normalized spacial score (nSPS) is 15.3. The summed E-state index contributed by atoms with van der Waals surface area (Å²) < 4.78 is 0. The zero-order valence-electron chi connectivity index (χ0n) is 14.3. The maximum Gasteiger partial charge on any atom is 0.0118 e. The third-order valence-corrected chi connectivity index (χ3v) is 5.56. The SMILES string of the molecule is CCCNC(Cc1ccc(CC)s1)CC(C)C(C)(C)C. The summed E-state index contributed by atoms with van der Waals surface area (Å²) in [7, 11) is 0. The van der Waals surface area contributed by atoms with E-state index in [1.54, 1.807) is 0 Å². The molecule has 1 heterocycles. The molecule has 0 radical (unpaired) electrons. The fourth-order valence-corrected chi connectivity index (χ4v) is 3.37. The van der Waals surface area contributed by atoms with Crippen molar-refractivity contribution in [1.29, 1.82) is 0 Å². The molecule has 0 aliphatic heterocycles. The maximum absolute atomic E-state index is 3.75. The molecular formula is C18H33NS. The van der Waals surface area contributed by atoms with Crippen LogP contribution in [0.1, 0.15) is 64.1 Å². The molecule has 2 atom stereocenters. The lowest BCUT2D eigenvalue weighted by molar-refractivity contribution is 0.222. The second-order valence-electron chi connectivity index (χ2n) is 7.08. The summed E-state index contributed by atoms with van der Waals surface area (Å²) >= 11 is 1.99. The van der Waals surface area contributed by atoms with E-state index in [2.05, 4.69) is 59.0 Å². The largest absolute Gasteiger partial charge is 0.314 e. The third kappa shape index (κ3) is 5.97. The topological polar surface area (TPSA) is 12.0 Å². The number of thiophene rings is 1. The lowest BCUT2D eigenvalue weighted by Crippen LogP contribution is -2.35. The van der Waals surface area contributed by atoms with Crippen molar-refractivity contribution in [3.8, 4) is 0 Å². The fraction of sp³-hybridized carbons (Fsp3) is 0.778. The Bertz CT molecular complexity index is 375. The highest BCUT2D eigenvalue weighted by Gasteiger charge is 2.23. The average Bonchev–Trinajstić information content (AvgIpc) is 2.82. The van der Waals surface area contributed by atoms with E-state index < -0.39 is 0 Å². The summed E-state index contributed by atoms with van der Waals surface area (Å²) in [6.45, 7) is 15.1. The van der Waals surface area contributed by atoms with Gasteiger partial charge in [0.15, 0.2) is 0 Å². The van der Waals surface area contributed by atoms with Crippen LogP contribution in [-0.2, 0) is 12.8 Å². The Balaban J connectivity index is 2.63.